The predicted molar refractivity (Wildman–Crippen MR) is 74.3 cm³/mol. The molecule has 4 atom stereocenters. The van der Waals surface area contributed by atoms with E-state index in [1.165, 1.54) is 57.9 Å². The van der Waals surface area contributed by atoms with Crippen molar-refractivity contribution in [3.8, 4) is 0 Å². The summed E-state index contributed by atoms with van der Waals surface area (Å²) in [4.78, 5) is 0. The Hall–Kier alpha value is -0.0800. The van der Waals surface area contributed by atoms with E-state index in [4.69, 9.17) is 0 Å². The van der Waals surface area contributed by atoms with Crippen molar-refractivity contribution in [1.29, 1.82) is 0 Å². The minimum absolute atomic E-state index is 0.677. The largest absolute Gasteiger partial charge is 0.314 e. The summed E-state index contributed by atoms with van der Waals surface area (Å²) < 4.78 is 0. The highest BCUT2D eigenvalue weighted by Gasteiger charge is 2.23. The maximum absolute atomic E-state index is 3.90. The molecule has 2 fully saturated rings. The zero-order valence-corrected chi connectivity index (χ0v) is 11.7. The van der Waals surface area contributed by atoms with E-state index in [2.05, 4.69) is 24.5 Å². The molecule has 1 saturated carbocycles. The van der Waals surface area contributed by atoms with Gasteiger partial charge in [-0.3, -0.25) is 0 Å². The number of hydrogen-bond acceptors (Lipinski definition) is 2. The van der Waals surface area contributed by atoms with Gasteiger partial charge >= 0.3 is 0 Å². The van der Waals surface area contributed by atoms with Gasteiger partial charge in [-0.1, -0.05) is 26.2 Å². The van der Waals surface area contributed by atoms with E-state index in [1.54, 1.807) is 0 Å². The van der Waals surface area contributed by atoms with Crippen LogP contribution in [-0.4, -0.2) is 24.7 Å². The van der Waals surface area contributed by atoms with Crippen LogP contribution in [0.25, 0.3) is 0 Å². The van der Waals surface area contributed by atoms with Crippen molar-refractivity contribution in [3.05, 3.63) is 0 Å². The van der Waals surface area contributed by atoms with Crippen LogP contribution in [0.4, 0.5) is 0 Å². The first kappa shape index (κ1) is 13.4. The van der Waals surface area contributed by atoms with Crippen molar-refractivity contribution < 1.29 is 0 Å². The summed E-state index contributed by atoms with van der Waals surface area (Å²) in [6, 6.07) is 2.23. The first-order chi connectivity index (χ1) is 8.25. The fourth-order valence-corrected chi connectivity index (χ4v) is 3.56. The summed E-state index contributed by atoms with van der Waals surface area (Å²) in [5.74, 6) is 0.872. The number of hydrogen-bond donors (Lipinski definition) is 2. The molecule has 0 amide bonds. The zero-order valence-electron chi connectivity index (χ0n) is 11.7. The van der Waals surface area contributed by atoms with Gasteiger partial charge < -0.3 is 10.6 Å². The predicted octanol–water partition coefficient (Wildman–Crippen LogP) is 3.08. The van der Waals surface area contributed by atoms with Crippen LogP contribution in [0.3, 0.4) is 0 Å². The molecule has 0 aromatic rings. The van der Waals surface area contributed by atoms with E-state index in [0.29, 0.717) is 6.04 Å². The molecular formula is C15H30N2. The van der Waals surface area contributed by atoms with Gasteiger partial charge in [0, 0.05) is 18.1 Å². The lowest BCUT2D eigenvalue weighted by molar-refractivity contribution is 0.308. The van der Waals surface area contributed by atoms with E-state index in [-0.39, 0.29) is 0 Å². The molecule has 2 rings (SSSR count). The van der Waals surface area contributed by atoms with Gasteiger partial charge in [-0.2, -0.15) is 0 Å². The van der Waals surface area contributed by atoms with Crippen LogP contribution >= 0.6 is 0 Å². The highest BCUT2D eigenvalue weighted by atomic mass is 15.0. The monoisotopic (exact) mass is 238 g/mol. The Kier molecular flexibility index (Phi) is 5.30. The van der Waals surface area contributed by atoms with Crippen molar-refractivity contribution in [1.82, 2.24) is 10.6 Å². The second-order valence-electron chi connectivity index (χ2n) is 6.32. The third-order valence-electron chi connectivity index (χ3n) is 4.66. The molecule has 17 heavy (non-hydrogen) atoms. The summed E-state index contributed by atoms with van der Waals surface area (Å²) in [5.41, 5.74) is 0. The van der Waals surface area contributed by atoms with Crippen molar-refractivity contribution in [2.24, 2.45) is 5.92 Å². The molecule has 1 aliphatic heterocycles. The van der Waals surface area contributed by atoms with E-state index in [1.807, 2.05) is 0 Å². The standard InChI is InChI=1S/C15H30N2/c1-12-7-4-3-5-9-15(12)17-13(2)11-14-8-6-10-16-14/h12-17H,3-11H2,1-2H3. The van der Waals surface area contributed by atoms with Crippen molar-refractivity contribution in [3.63, 3.8) is 0 Å². The Labute approximate surface area is 107 Å². The smallest absolute Gasteiger partial charge is 0.00951 e. The van der Waals surface area contributed by atoms with Gasteiger partial charge in [0.05, 0.1) is 0 Å². The average Bonchev–Trinajstić information content (AvgIpc) is 2.71. The molecular weight excluding hydrogens is 208 g/mol. The third kappa shape index (κ3) is 4.26. The molecule has 2 aliphatic rings. The van der Waals surface area contributed by atoms with Crippen LogP contribution in [0.2, 0.25) is 0 Å². The molecule has 1 saturated heterocycles. The zero-order chi connectivity index (χ0) is 12.1. The van der Waals surface area contributed by atoms with E-state index in [9.17, 15) is 0 Å². The normalized spacial score (nSPS) is 36.7. The Morgan fingerprint density at radius 1 is 1.12 bits per heavy atom. The Balaban J connectivity index is 1.73. The SMILES string of the molecule is CC(CC1CCCN1)NC1CCCCCC1C. The van der Waals surface area contributed by atoms with Gasteiger partial charge in [0.25, 0.3) is 0 Å². The van der Waals surface area contributed by atoms with Crippen LogP contribution in [-0.2, 0) is 0 Å². The molecule has 2 nitrogen and oxygen atoms in total. The fraction of sp³-hybridized carbons (Fsp3) is 1.00. The molecule has 0 aromatic heterocycles. The van der Waals surface area contributed by atoms with Gasteiger partial charge in [0.1, 0.15) is 0 Å². The topological polar surface area (TPSA) is 24.1 Å². The van der Waals surface area contributed by atoms with Crippen LogP contribution in [0.5, 0.6) is 0 Å². The second kappa shape index (κ2) is 6.75. The third-order valence-corrected chi connectivity index (χ3v) is 4.66. The fourth-order valence-electron chi connectivity index (χ4n) is 3.56. The quantitative estimate of drug-likeness (QED) is 0.736. The summed E-state index contributed by atoms with van der Waals surface area (Å²) in [7, 11) is 0. The lowest BCUT2D eigenvalue weighted by atomic mass is 9.95. The Bertz CT molecular complexity index is 211. The maximum Gasteiger partial charge on any atom is 0.00951 e. The summed E-state index contributed by atoms with van der Waals surface area (Å²) >= 11 is 0. The van der Waals surface area contributed by atoms with E-state index >= 15 is 0 Å². The summed E-state index contributed by atoms with van der Waals surface area (Å²) in [6.07, 6.45) is 11.2. The average molecular weight is 238 g/mol. The summed E-state index contributed by atoms with van der Waals surface area (Å²) in [6.45, 7) is 6.04. The summed E-state index contributed by atoms with van der Waals surface area (Å²) in [5, 5.41) is 7.50. The molecule has 0 bridgehead atoms. The molecule has 0 radical (unpaired) electrons. The molecule has 2 heteroatoms. The molecule has 2 N–H and O–H groups in total. The molecule has 1 aliphatic carbocycles. The van der Waals surface area contributed by atoms with Crippen LogP contribution < -0.4 is 10.6 Å². The Morgan fingerprint density at radius 2 is 1.94 bits per heavy atom. The minimum Gasteiger partial charge on any atom is -0.314 e. The molecule has 0 aromatic carbocycles. The van der Waals surface area contributed by atoms with Gasteiger partial charge in [0.15, 0.2) is 0 Å². The van der Waals surface area contributed by atoms with Crippen molar-refractivity contribution in [2.45, 2.75) is 83.3 Å². The first-order valence-electron chi connectivity index (χ1n) is 7.75. The highest BCUT2D eigenvalue weighted by Crippen LogP contribution is 2.24. The lowest BCUT2D eigenvalue weighted by Crippen LogP contribution is -2.42. The molecule has 1 heterocycles. The van der Waals surface area contributed by atoms with Crippen LogP contribution in [0.15, 0.2) is 0 Å². The second-order valence-corrected chi connectivity index (χ2v) is 6.32. The maximum atomic E-state index is 3.90. The van der Waals surface area contributed by atoms with Crippen LogP contribution in [0.1, 0.15) is 65.2 Å². The van der Waals surface area contributed by atoms with Crippen LogP contribution in [0, 0.1) is 5.92 Å². The molecule has 4 unspecified atom stereocenters. The molecule has 0 spiro atoms. The van der Waals surface area contributed by atoms with Gasteiger partial charge in [-0.15, -0.1) is 0 Å². The molecule has 100 valence electrons. The van der Waals surface area contributed by atoms with Gasteiger partial charge in [-0.05, 0) is 51.5 Å². The number of nitrogens with one attached hydrogen (secondary N) is 2. The van der Waals surface area contributed by atoms with E-state index < -0.39 is 0 Å². The van der Waals surface area contributed by atoms with Crippen molar-refractivity contribution in [2.75, 3.05) is 6.54 Å². The number of rotatable bonds is 4. The van der Waals surface area contributed by atoms with E-state index in [0.717, 1.165) is 18.0 Å². The lowest BCUT2D eigenvalue weighted by Gasteiger charge is -2.28. The van der Waals surface area contributed by atoms with Crippen molar-refractivity contribution >= 4 is 0 Å². The van der Waals surface area contributed by atoms with Gasteiger partial charge in [0.2, 0.25) is 0 Å². The first-order valence-corrected chi connectivity index (χ1v) is 7.75. The van der Waals surface area contributed by atoms with Gasteiger partial charge in [-0.25, -0.2) is 0 Å². The Morgan fingerprint density at radius 3 is 2.71 bits per heavy atom. The highest BCUT2D eigenvalue weighted by molar-refractivity contribution is 4.83. The minimum atomic E-state index is 0.677.